The highest BCUT2D eigenvalue weighted by Gasteiger charge is 2.12. The van der Waals surface area contributed by atoms with Crippen LogP contribution in [-0.4, -0.2) is 18.4 Å². The Morgan fingerprint density at radius 3 is 2.64 bits per heavy atom. The molecule has 2 amide bonds. The van der Waals surface area contributed by atoms with E-state index in [0.29, 0.717) is 5.76 Å². The molecule has 1 aromatic heterocycles. The van der Waals surface area contributed by atoms with Gasteiger partial charge >= 0.3 is 0 Å². The van der Waals surface area contributed by atoms with E-state index in [2.05, 4.69) is 10.6 Å². The molecule has 0 saturated heterocycles. The van der Waals surface area contributed by atoms with Crippen LogP contribution in [-0.2, 0) is 22.6 Å². The first kappa shape index (κ1) is 16.0. The second-order valence-electron chi connectivity index (χ2n) is 4.51. The van der Waals surface area contributed by atoms with Gasteiger partial charge in [0.2, 0.25) is 11.8 Å². The molecule has 0 radical (unpaired) electrons. The van der Waals surface area contributed by atoms with Gasteiger partial charge in [-0.25, -0.2) is 4.39 Å². The molecule has 22 heavy (non-hydrogen) atoms. The molecule has 116 valence electrons. The summed E-state index contributed by atoms with van der Waals surface area (Å²) in [5, 5.41) is 5.17. The number of nitrogens with one attached hydrogen (secondary N) is 2. The lowest BCUT2D eigenvalue weighted by molar-refractivity contribution is -0.125. The highest BCUT2D eigenvalue weighted by molar-refractivity contribution is 6.31. The summed E-state index contributed by atoms with van der Waals surface area (Å²) in [5.41, 5.74) is 0.109. The van der Waals surface area contributed by atoms with Crippen LogP contribution in [0, 0.1) is 5.82 Å². The second-order valence-corrected chi connectivity index (χ2v) is 4.92. The largest absolute Gasteiger partial charge is 0.467 e. The van der Waals surface area contributed by atoms with E-state index in [-0.39, 0.29) is 36.0 Å². The van der Waals surface area contributed by atoms with Crippen LogP contribution in [0.25, 0.3) is 0 Å². The van der Waals surface area contributed by atoms with Crippen molar-refractivity contribution in [2.24, 2.45) is 0 Å². The van der Waals surface area contributed by atoms with Crippen molar-refractivity contribution < 1.29 is 18.4 Å². The molecule has 0 aliphatic heterocycles. The zero-order valence-corrected chi connectivity index (χ0v) is 12.3. The Hall–Kier alpha value is -2.34. The van der Waals surface area contributed by atoms with Crippen LogP contribution in [0.5, 0.6) is 0 Å². The van der Waals surface area contributed by atoms with Gasteiger partial charge in [0.25, 0.3) is 0 Å². The van der Waals surface area contributed by atoms with Crippen molar-refractivity contribution in [2.75, 3.05) is 6.54 Å². The van der Waals surface area contributed by atoms with Crippen molar-refractivity contribution in [1.82, 2.24) is 10.6 Å². The number of hydrogen-bond acceptors (Lipinski definition) is 3. The first-order valence-electron chi connectivity index (χ1n) is 6.55. The molecule has 0 bridgehead atoms. The Kier molecular flexibility index (Phi) is 5.55. The molecule has 0 atom stereocenters. The highest BCUT2D eigenvalue weighted by Crippen LogP contribution is 2.19. The standard InChI is InChI=1S/C15H14ClFN2O3/c16-12-4-1-5-13(17)11(12)7-14(20)19-9-15(21)18-8-10-3-2-6-22-10/h1-6H,7-9H2,(H,18,21)(H,19,20). The lowest BCUT2D eigenvalue weighted by Gasteiger charge is -2.08. The van der Waals surface area contributed by atoms with Crippen LogP contribution < -0.4 is 10.6 Å². The molecule has 7 heteroatoms. The number of rotatable bonds is 6. The van der Waals surface area contributed by atoms with Gasteiger partial charge in [0.1, 0.15) is 11.6 Å². The van der Waals surface area contributed by atoms with Crippen LogP contribution in [0.1, 0.15) is 11.3 Å². The Morgan fingerprint density at radius 2 is 1.95 bits per heavy atom. The third kappa shape index (κ3) is 4.60. The predicted octanol–water partition coefficient (Wildman–Crippen LogP) is 2.05. The summed E-state index contributed by atoms with van der Waals surface area (Å²) < 4.78 is 18.6. The minimum Gasteiger partial charge on any atom is -0.467 e. The van der Waals surface area contributed by atoms with Gasteiger partial charge in [-0.15, -0.1) is 0 Å². The maximum absolute atomic E-state index is 13.5. The van der Waals surface area contributed by atoms with E-state index >= 15 is 0 Å². The fourth-order valence-corrected chi connectivity index (χ4v) is 1.99. The molecule has 2 aromatic rings. The summed E-state index contributed by atoms with van der Waals surface area (Å²) in [6.45, 7) is 0.0342. The van der Waals surface area contributed by atoms with Crippen molar-refractivity contribution in [3.05, 3.63) is 58.8 Å². The Morgan fingerprint density at radius 1 is 1.14 bits per heavy atom. The van der Waals surface area contributed by atoms with E-state index in [0.717, 1.165) is 0 Å². The minimum absolute atomic E-state index is 0.109. The predicted molar refractivity (Wildman–Crippen MR) is 78.7 cm³/mol. The summed E-state index contributed by atoms with van der Waals surface area (Å²) in [7, 11) is 0. The fraction of sp³-hybridized carbons (Fsp3) is 0.200. The lowest BCUT2D eigenvalue weighted by atomic mass is 10.1. The SMILES string of the molecule is O=C(CNC(=O)Cc1c(F)cccc1Cl)NCc1ccco1. The van der Waals surface area contributed by atoms with E-state index < -0.39 is 11.7 Å². The molecule has 0 fully saturated rings. The van der Waals surface area contributed by atoms with Crippen molar-refractivity contribution in [1.29, 1.82) is 0 Å². The molecule has 0 aliphatic carbocycles. The van der Waals surface area contributed by atoms with Gasteiger partial charge in [-0.1, -0.05) is 17.7 Å². The average Bonchev–Trinajstić information content (AvgIpc) is 3.00. The third-order valence-electron chi connectivity index (χ3n) is 2.89. The number of furan rings is 1. The smallest absolute Gasteiger partial charge is 0.239 e. The zero-order valence-electron chi connectivity index (χ0n) is 11.6. The third-order valence-corrected chi connectivity index (χ3v) is 3.24. The van der Waals surface area contributed by atoms with E-state index in [1.807, 2.05) is 0 Å². The van der Waals surface area contributed by atoms with Crippen molar-refractivity contribution in [3.8, 4) is 0 Å². The van der Waals surface area contributed by atoms with Crippen molar-refractivity contribution >= 4 is 23.4 Å². The average molecular weight is 325 g/mol. The summed E-state index contributed by atoms with van der Waals surface area (Å²) in [6.07, 6.45) is 1.28. The Bertz CT molecular complexity index is 639. The molecule has 1 aromatic carbocycles. The summed E-state index contributed by atoms with van der Waals surface area (Å²) in [6, 6.07) is 7.62. The number of benzene rings is 1. The minimum atomic E-state index is -0.551. The first-order chi connectivity index (χ1) is 10.6. The number of carbonyl (C=O) groups is 2. The molecule has 0 saturated carbocycles. The van der Waals surface area contributed by atoms with E-state index in [4.69, 9.17) is 16.0 Å². The molecule has 2 N–H and O–H groups in total. The Balaban J connectivity index is 1.76. The topological polar surface area (TPSA) is 71.3 Å². The molecule has 0 spiro atoms. The van der Waals surface area contributed by atoms with Gasteiger partial charge in [0.15, 0.2) is 0 Å². The van der Waals surface area contributed by atoms with Gasteiger partial charge < -0.3 is 15.1 Å². The molecule has 0 aliphatic rings. The quantitative estimate of drug-likeness (QED) is 0.854. The highest BCUT2D eigenvalue weighted by atomic mass is 35.5. The first-order valence-corrected chi connectivity index (χ1v) is 6.92. The molecular weight excluding hydrogens is 311 g/mol. The van der Waals surface area contributed by atoms with Crippen LogP contribution in [0.2, 0.25) is 5.02 Å². The van der Waals surface area contributed by atoms with Crippen LogP contribution in [0.4, 0.5) is 4.39 Å². The second kappa shape index (κ2) is 7.61. The van der Waals surface area contributed by atoms with Crippen LogP contribution in [0.3, 0.4) is 0 Å². The molecular formula is C15H14ClFN2O3. The molecule has 2 rings (SSSR count). The molecule has 5 nitrogen and oxygen atoms in total. The lowest BCUT2D eigenvalue weighted by Crippen LogP contribution is -2.37. The monoisotopic (exact) mass is 324 g/mol. The maximum atomic E-state index is 13.5. The van der Waals surface area contributed by atoms with Crippen LogP contribution >= 0.6 is 11.6 Å². The van der Waals surface area contributed by atoms with E-state index in [1.165, 1.54) is 24.5 Å². The number of halogens is 2. The molecule has 0 unspecified atom stereocenters. The Labute approximate surface area is 131 Å². The van der Waals surface area contributed by atoms with Crippen molar-refractivity contribution in [3.63, 3.8) is 0 Å². The van der Waals surface area contributed by atoms with Gasteiger partial charge in [0, 0.05) is 10.6 Å². The van der Waals surface area contributed by atoms with Crippen molar-refractivity contribution in [2.45, 2.75) is 13.0 Å². The van der Waals surface area contributed by atoms with E-state index in [9.17, 15) is 14.0 Å². The maximum Gasteiger partial charge on any atom is 0.239 e. The van der Waals surface area contributed by atoms with Gasteiger partial charge in [-0.2, -0.15) is 0 Å². The van der Waals surface area contributed by atoms with E-state index in [1.54, 1.807) is 12.1 Å². The van der Waals surface area contributed by atoms with Gasteiger partial charge in [0.05, 0.1) is 25.8 Å². The number of hydrogen-bond donors (Lipinski definition) is 2. The summed E-state index contributed by atoms with van der Waals surface area (Å²) >= 11 is 5.83. The molecule has 1 heterocycles. The summed E-state index contributed by atoms with van der Waals surface area (Å²) in [5.74, 6) is -0.799. The fourth-order valence-electron chi connectivity index (χ4n) is 1.76. The number of carbonyl (C=O) groups excluding carboxylic acids is 2. The summed E-state index contributed by atoms with van der Waals surface area (Å²) in [4.78, 5) is 23.3. The van der Waals surface area contributed by atoms with Crippen LogP contribution in [0.15, 0.2) is 41.0 Å². The van der Waals surface area contributed by atoms with Gasteiger partial charge in [-0.05, 0) is 24.3 Å². The van der Waals surface area contributed by atoms with Gasteiger partial charge in [-0.3, -0.25) is 9.59 Å². The number of amides is 2. The normalized spacial score (nSPS) is 10.3. The zero-order chi connectivity index (χ0) is 15.9.